The molecule has 0 heterocycles. The van der Waals surface area contributed by atoms with E-state index in [0.717, 1.165) is 0 Å². The molecule has 0 saturated carbocycles. The van der Waals surface area contributed by atoms with Crippen molar-refractivity contribution < 1.29 is 11.7 Å². The van der Waals surface area contributed by atoms with Gasteiger partial charge in [-0.3, -0.25) is 0 Å². The Morgan fingerprint density at radius 3 is 0.750 bits per heavy atom. The van der Waals surface area contributed by atoms with Crippen molar-refractivity contribution in [2.24, 2.45) is 26.9 Å². The van der Waals surface area contributed by atoms with E-state index in [4.69, 9.17) is 36.6 Å². The Morgan fingerprint density at radius 2 is 0.750 bits per heavy atom. The zero-order chi connectivity index (χ0) is 7.38. The monoisotopic (exact) mass is 233 g/mol. The molecule has 0 aromatic carbocycles. The number of rotatable bonds is 0. The van der Waals surface area contributed by atoms with Crippen molar-refractivity contribution in [3.8, 4) is 0 Å². The van der Waals surface area contributed by atoms with E-state index in [9.17, 15) is 0 Å². The van der Waals surface area contributed by atoms with Crippen molar-refractivity contribution in [2.45, 2.75) is 0 Å². The third-order valence-electron chi connectivity index (χ3n) is 0. The van der Waals surface area contributed by atoms with Crippen LogP contribution in [0.4, 0.5) is 0 Å². The van der Waals surface area contributed by atoms with Gasteiger partial charge >= 0.3 is 48.2 Å². The molecule has 0 radical (unpaired) electrons. The summed E-state index contributed by atoms with van der Waals surface area (Å²) in [6.45, 7) is 0. The van der Waals surface area contributed by atoms with Crippen LogP contribution in [-0.2, 0) is 11.7 Å². The Kier molecular flexibility index (Phi) is 0.789. The van der Waals surface area contributed by atoms with Crippen LogP contribution in [0.5, 0.6) is 0 Å². The summed E-state index contributed by atoms with van der Waals surface area (Å²) in [5.41, 5.74) is 0. The van der Waals surface area contributed by atoms with Gasteiger partial charge in [0.25, 0.3) is 0 Å². The molecule has 0 amide bonds. The zero-order valence-corrected chi connectivity index (χ0v) is 6.69. The molecule has 12 N–H and O–H groups in total. The van der Waals surface area contributed by atoms with Crippen LogP contribution in [0.2, 0.25) is 0 Å². The summed E-state index contributed by atoms with van der Waals surface area (Å²) in [5, 5.41) is 0. The molecule has 0 unspecified atom stereocenters. The maximum absolute atomic E-state index is 6.13. The van der Waals surface area contributed by atoms with Gasteiger partial charge in [-0.25, -0.2) is 0 Å². The van der Waals surface area contributed by atoms with Crippen LogP contribution < -0.4 is 26.9 Å². The van der Waals surface area contributed by atoms with Gasteiger partial charge < -0.3 is 0 Å². The second-order valence-electron chi connectivity index (χ2n) is 2.23. The van der Waals surface area contributed by atoms with Crippen molar-refractivity contribution in [2.75, 3.05) is 0 Å². The molecule has 0 rings (SSSR count). The Balaban J connectivity index is 5.14. The molecule has 57 valence electrons. The van der Waals surface area contributed by atoms with Gasteiger partial charge in [-0.2, -0.15) is 0 Å². The van der Waals surface area contributed by atoms with Crippen molar-refractivity contribution in [1.82, 2.24) is 0 Å². The van der Waals surface area contributed by atoms with Gasteiger partial charge in [-0.1, -0.05) is 0 Å². The summed E-state index contributed by atoms with van der Waals surface area (Å²) in [6, 6.07) is 0. The summed E-state index contributed by atoms with van der Waals surface area (Å²) in [5.74, 6) is 0. The van der Waals surface area contributed by atoms with Gasteiger partial charge in [0.1, 0.15) is 0 Å². The topological polar surface area (TPSA) is 156 Å². The molecule has 0 aliphatic heterocycles. The van der Waals surface area contributed by atoms with Crippen molar-refractivity contribution in [1.29, 1.82) is 0 Å². The van der Waals surface area contributed by atoms with E-state index in [0.29, 0.717) is 0 Å². The van der Waals surface area contributed by atoms with Crippen LogP contribution in [0.15, 0.2) is 0 Å². The molecular weight excluding hydrogens is 221 g/mol. The van der Waals surface area contributed by atoms with Crippen molar-refractivity contribution in [3.63, 3.8) is 0 Å². The van der Waals surface area contributed by atoms with Gasteiger partial charge in [0, 0.05) is 0 Å². The molecule has 0 spiro atoms. The van der Waals surface area contributed by atoms with E-state index >= 15 is 0 Å². The second kappa shape index (κ2) is 0.727. The number of nitrogens with two attached hydrogens (primary N) is 6. The van der Waals surface area contributed by atoms with Crippen LogP contribution in [0.25, 0.3) is 0 Å². The fourth-order valence-electron chi connectivity index (χ4n) is 0. The second-order valence-corrected chi connectivity index (χ2v) is 18.7. The molecule has 0 atom stereocenters. The summed E-state index contributed by atoms with van der Waals surface area (Å²) in [7, 11) is 5.13. The summed E-state index contributed by atoms with van der Waals surface area (Å²) in [6.07, 6.45) is 0. The average Bonchev–Trinajstić information content (AvgIpc) is 0.544. The Bertz CT molecular complexity index is 101. The molecule has 0 aliphatic rings. The number of hydrogen-bond donors (Lipinski definition) is 6. The SMILES string of the molecule is [NH2][Ru]([NH2])([NH2])([NH2])([NH2])([NH2])[Cl]. The molecule has 6 nitrogen and oxygen atoms in total. The molecule has 8 heavy (non-hydrogen) atoms. The fraction of sp³-hybridized carbons (Fsp3) is 0. The van der Waals surface area contributed by atoms with E-state index in [1.54, 1.807) is 0 Å². The average molecular weight is 233 g/mol. The molecule has 0 aromatic heterocycles. The molecule has 0 bridgehead atoms. The predicted octanol–water partition coefficient (Wildman–Crippen LogP) is -2.86. The quantitative estimate of drug-likeness (QED) is 0.247. The Labute approximate surface area is 48.7 Å². The summed E-state index contributed by atoms with van der Waals surface area (Å²) in [4.78, 5) is 0. The Morgan fingerprint density at radius 1 is 0.750 bits per heavy atom. The first-order valence-electron chi connectivity index (χ1n) is 1.36. The summed E-state index contributed by atoms with van der Waals surface area (Å²) >= 11 is -6.13. The van der Waals surface area contributed by atoms with E-state index in [-0.39, 0.29) is 0 Å². The van der Waals surface area contributed by atoms with E-state index in [2.05, 4.69) is 0 Å². The van der Waals surface area contributed by atoms with E-state index < -0.39 is 11.7 Å². The first-order chi connectivity index (χ1) is 2.65. The first kappa shape index (κ1) is 8.67. The molecule has 0 aromatic rings. The molecule has 8 heteroatoms. The van der Waals surface area contributed by atoms with Gasteiger partial charge in [-0.15, -0.1) is 0 Å². The predicted molar refractivity (Wildman–Crippen MR) is 31.0 cm³/mol. The molecule has 0 fully saturated rings. The minimum absolute atomic E-state index is 4.91. The Hall–Kier alpha value is 0.673. The standard InChI is InChI=1S/ClH.6H2N.Ru/h1H;6*1H2;/q;6*-1;+7/p-1. The van der Waals surface area contributed by atoms with Gasteiger partial charge in [0.15, 0.2) is 0 Å². The van der Waals surface area contributed by atoms with Crippen LogP contribution in [0.3, 0.4) is 0 Å². The first-order valence-corrected chi connectivity index (χ1v) is 9.62. The van der Waals surface area contributed by atoms with Crippen LogP contribution in [0.1, 0.15) is 0 Å². The van der Waals surface area contributed by atoms with E-state index in [1.807, 2.05) is 0 Å². The third-order valence-corrected chi connectivity index (χ3v) is 0. The van der Waals surface area contributed by atoms with E-state index in [1.165, 1.54) is 0 Å². The van der Waals surface area contributed by atoms with Crippen molar-refractivity contribution in [3.05, 3.63) is 0 Å². The fourth-order valence-corrected chi connectivity index (χ4v) is 0. The zero-order valence-electron chi connectivity index (χ0n) is 4.20. The van der Waals surface area contributed by atoms with Gasteiger partial charge in [0.2, 0.25) is 0 Å². The van der Waals surface area contributed by atoms with Crippen LogP contribution in [0, 0.1) is 0 Å². The number of halogens is 1. The molecule has 0 saturated heterocycles. The molecule has 0 aliphatic carbocycles. The van der Waals surface area contributed by atoms with Crippen LogP contribution >= 0.6 is 9.69 Å². The summed E-state index contributed by atoms with van der Waals surface area (Å²) < 4.78 is 29.4. The third kappa shape index (κ3) is 474. The molecular formula is H12ClN6Ru. The number of hydrogen-bond acceptors (Lipinski definition) is 6. The normalized spacial score (nSPS) is 27.1. The van der Waals surface area contributed by atoms with Gasteiger partial charge in [-0.05, 0) is 0 Å². The van der Waals surface area contributed by atoms with Crippen LogP contribution in [-0.4, -0.2) is 0 Å². The van der Waals surface area contributed by atoms with Crippen molar-refractivity contribution >= 4 is 9.69 Å². The maximum atomic E-state index is 5.13. The van der Waals surface area contributed by atoms with Gasteiger partial charge in [0.05, 0.1) is 0 Å². The minimum atomic E-state index is -6.13.